The monoisotopic (exact) mass is 282 g/mol. The van der Waals surface area contributed by atoms with Gasteiger partial charge in [-0.25, -0.2) is 0 Å². The highest BCUT2D eigenvalue weighted by atomic mass is 16.1. The lowest BCUT2D eigenvalue weighted by atomic mass is 9.98. The Morgan fingerprint density at radius 1 is 0.905 bits per heavy atom. The van der Waals surface area contributed by atoms with E-state index in [1.807, 2.05) is 68.4 Å². The second-order valence-electron chi connectivity index (χ2n) is 5.96. The number of anilines is 3. The van der Waals surface area contributed by atoms with Gasteiger partial charge in [-0.05, 0) is 57.2 Å². The molecule has 110 valence electrons. The van der Waals surface area contributed by atoms with Crippen molar-refractivity contribution in [2.45, 2.75) is 32.7 Å². The highest BCUT2D eigenvalue weighted by Gasteiger charge is 2.19. The van der Waals surface area contributed by atoms with Crippen molar-refractivity contribution < 1.29 is 4.79 Å². The molecular weight excluding hydrogens is 260 g/mol. The topological polar surface area (TPSA) is 41.1 Å². The third-order valence-corrected chi connectivity index (χ3v) is 3.12. The van der Waals surface area contributed by atoms with Gasteiger partial charge in [0.15, 0.2) is 0 Å². The summed E-state index contributed by atoms with van der Waals surface area (Å²) in [4.78, 5) is 11.3. The number of hydrogen-bond acceptors (Lipinski definition) is 3. The van der Waals surface area contributed by atoms with E-state index < -0.39 is 0 Å². The van der Waals surface area contributed by atoms with Gasteiger partial charge < -0.3 is 10.6 Å². The molecule has 0 aliphatic rings. The molecule has 0 aromatic heterocycles. The summed E-state index contributed by atoms with van der Waals surface area (Å²) < 4.78 is 0. The Hall–Kier alpha value is -2.29. The number of carbonyl (C=O) groups excluding carboxylic acids is 1. The van der Waals surface area contributed by atoms with Gasteiger partial charge in [0.1, 0.15) is 5.78 Å². The first kappa shape index (κ1) is 15.1. The maximum atomic E-state index is 11.3. The Kier molecular flexibility index (Phi) is 4.63. The highest BCUT2D eigenvalue weighted by Crippen LogP contribution is 2.22. The van der Waals surface area contributed by atoms with Gasteiger partial charge in [-0.3, -0.25) is 4.79 Å². The fourth-order valence-corrected chi connectivity index (χ4v) is 2.38. The zero-order valence-corrected chi connectivity index (χ0v) is 12.8. The van der Waals surface area contributed by atoms with Crippen molar-refractivity contribution in [2.24, 2.45) is 0 Å². The summed E-state index contributed by atoms with van der Waals surface area (Å²) in [6, 6.07) is 18.2. The summed E-state index contributed by atoms with van der Waals surface area (Å²) in [5, 5.41) is 6.74. The molecule has 0 aliphatic carbocycles. The molecule has 3 heteroatoms. The van der Waals surface area contributed by atoms with Crippen LogP contribution in [0.2, 0.25) is 0 Å². The van der Waals surface area contributed by atoms with Gasteiger partial charge in [0.2, 0.25) is 0 Å². The number of benzene rings is 2. The second-order valence-corrected chi connectivity index (χ2v) is 5.96. The number of hydrogen-bond donors (Lipinski definition) is 2. The predicted molar refractivity (Wildman–Crippen MR) is 89.2 cm³/mol. The number of Topliss-reactive ketones (excluding diaryl/α,β-unsaturated/α-hetero) is 1. The van der Waals surface area contributed by atoms with Crippen LogP contribution in [0.1, 0.15) is 27.2 Å². The molecule has 0 heterocycles. The Morgan fingerprint density at radius 2 is 1.43 bits per heavy atom. The number of nitrogens with one attached hydrogen (secondary N) is 2. The summed E-state index contributed by atoms with van der Waals surface area (Å²) in [6.45, 7) is 5.69. The molecule has 0 amide bonds. The van der Waals surface area contributed by atoms with Crippen molar-refractivity contribution in [2.75, 3.05) is 10.6 Å². The number of ketones is 1. The van der Waals surface area contributed by atoms with Crippen molar-refractivity contribution in [1.29, 1.82) is 0 Å². The SMILES string of the molecule is CC(=O)CC(C)(C)Nc1ccc(Nc2ccccc2)cc1. The Bertz CT molecular complexity index is 588. The lowest BCUT2D eigenvalue weighted by Gasteiger charge is -2.26. The first-order chi connectivity index (χ1) is 9.94. The van der Waals surface area contributed by atoms with E-state index in [-0.39, 0.29) is 11.3 Å². The highest BCUT2D eigenvalue weighted by molar-refractivity contribution is 5.77. The number of rotatable bonds is 6. The summed E-state index contributed by atoms with van der Waals surface area (Å²) in [6.07, 6.45) is 0.511. The van der Waals surface area contributed by atoms with Crippen LogP contribution in [-0.2, 0) is 4.79 Å². The fourth-order valence-electron chi connectivity index (χ4n) is 2.38. The Labute approximate surface area is 126 Å². The maximum absolute atomic E-state index is 11.3. The van der Waals surface area contributed by atoms with E-state index in [2.05, 4.69) is 10.6 Å². The van der Waals surface area contributed by atoms with Crippen LogP contribution in [0.25, 0.3) is 0 Å². The zero-order valence-electron chi connectivity index (χ0n) is 12.8. The van der Waals surface area contributed by atoms with Gasteiger partial charge in [0.05, 0.1) is 0 Å². The Balaban J connectivity index is 2.00. The normalized spacial score (nSPS) is 11.0. The van der Waals surface area contributed by atoms with E-state index in [4.69, 9.17) is 0 Å². The van der Waals surface area contributed by atoms with Crippen LogP contribution in [0.15, 0.2) is 54.6 Å². The average molecular weight is 282 g/mol. The first-order valence-electron chi connectivity index (χ1n) is 7.14. The first-order valence-corrected chi connectivity index (χ1v) is 7.14. The zero-order chi connectivity index (χ0) is 15.3. The molecular formula is C18H22N2O. The third-order valence-electron chi connectivity index (χ3n) is 3.12. The van der Waals surface area contributed by atoms with Crippen LogP contribution < -0.4 is 10.6 Å². The van der Waals surface area contributed by atoms with Gasteiger partial charge in [0.25, 0.3) is 0 Å². The molecule has 0 aliphatic heterocycles. The maximum Gasteiger partial charge on any atom is 0.132 e. The van der Waals surface area contributed by atoms with Crippen LogP contribution in [-0.4, -0.2) is 11.3 Å². The minimum absolute atomic E-state index is 0.190. The van der Waals surface area contributed by atoms with E-state index in [9.17, 15) is 4.79 Å². The van der Waals surface area contributed by atoms with Crippen LogP contribution in [0.4, 0.5) is 17.1 Å². The largest absolute Gasteiger partial charge is 0.380 e. The van der Waals surface area contributed by atoms with Gasteiger partial charge in [-0.1, -0.05) is 18.2 Å². The lowest BCUT2D eigenvalue weighted by Crippen LogP contribution is -2.32. The minimum Gasteiger partial charge on any atom is -0.380 e. The molecule has 0 saturated heterocycles. The molecule has 2 aromatic rings. The lowest BCUT2D eigenvalue weighted by molar-refractivity contribution is -0.117. The molecule has 0 saturated carbocycles. The van der Waals surface area contributed by atoms with Crippen molar-refractivity contribution in [3.8, 4) is 0 Å². The molecule has 2 N–H and O–H groups in total. The van der Waals surface area contributed by atoms with Crippen molar-refractivity contribution in [1.82, 2.24) is 0 Å². The minimum atomic E-state index is -0.236. The van der Waals surface area contributed by atoms with Crippen LogP contribution >= 0.6 is 0 Å². The van der Waals surface area contributed by atoms with E-state index in [0.29, 0.717) is 6.42 Å². The summed E-state index contributed by atoms with van der Waals surface area (Å²) in [5.41, 5.74) is 2.88. The average Bonchev–Trinajstić information content (AvgIpc) is 2.40. The standard InChI is InChI=1S/C18H22N2O/c1-14(21)13-18(2,3)20-17-11-9-16(10-12-17)19-15-7-5-4-6-8-15/h4-12,19-20H,13H2,1-3H3. The molecule has 0 atom stereocenters. The molecule has 0 fully saturated rings. The molecule has 0 radical (unpaired) electrons. The van der Waals surface area contributed by atoms with E-state index in [1.165, 1.54) is 0 Å². The summed E-state index contributed by atoms with van der Waals surface area (Å²) >= 11 is 0. The molecule has 0 bridgehead atoms. The quantitative estimate of drug-likeness (QED) is 0.813. The van der Waals surface area contributed by atoms with Gasteiger partial charge in [-0.15, -0.1) is 0 Å². The number of para-hydroxylation sites is 1. The molecule has 2 rings (SSSR count). The van der Waals surface area contributed by atoms with Crippen molar-refractivity contribution in [3.05, 3.63) is 54.6 Å². The van der Waals surface area contributed by atoms with Gasteiger partial charge in [0, 0.05) is 29.0 Å². The van der Waals surface area contributed by atoms with E-state index in [0.717, 1.165) is 17.1 Å². The molecule has 3 nitrogen and oxygen atoms in total. The molecule has 0 spiro atoms. The smallest absolute Gasteiger partial charge is 0.132 e. The van der Waals surface area contributed by atoms with Crippen molar-refractivity contribution in [3.63, 3.8) is 0 Å². The van der Waals surface area contributed by atoms with Gasteiger partial charge in [-0.2, -0.15) is 0 Å². The van der Waals surface area contributed by atoms with Crippen LogP contribution in [0.3, 0.4) is 0 Å². The number of carbonyl (C=O) groups is 1. The predicted octanol–water partition coefficient (Wildman–Crippen LogP) is 4.60. The van der Waals surface area contributed by atoms with E-state index in [1.54, 1.807) is 6.92 Å². The van der Waals surface area contributed by atoms with Crippen LogP contribution in [0.5, 0.6) is 0 Å². The summed E-state index contributed by atoms with van der Waals surface area (Å²) in [5.74, 6) is 0.190. The van der Waals surface area contributed by atoms with Gasteiger partial charge >= 0.3 is 0 Å². The second kappa shape index (κ2) is 6.44. The summed E-state index contributed by atoms with van der Waals surface area (Å²) in [7, 11) is 0. The van der Waals surface area contributed by atoms with Crippen LogP contribution in [0, 0.1) is 0 Å². The third kappa shape index (κ3) is 4.95. The molecule has 0 unspecified atom stereocenters. The fraction of sp³-hybridized carbons (Fsp3) is 0.278. The van der Waals surface area contributed by atoms with E-state index >= 15 is 0 Å². The Morgan fingerprint density at radius 3 is 2.00 bits per heavy atom. The van der Waals surface area contributed by atoms with Crippen molar-refractivity contribution >= 4 is 22.8 Å². The molecule has 2 aromatic carbocycles. The molecule has 21 heavy (non-hydrogen) atoms.